The molecule has 0 spiro atoms. The van der Waals surface area contributed by atoms with Crippen molar-refractivity contribution in [3.05, 3.63) is 23.3 Å². The molecule has 0 aliphatic heterocycles. The maximum Gasteiger partial charge on any atom is 0.115 e. The highest BCUT2D eigenvalue weighted by Crippen LogP contribution is 2.30. The molecule has 0 heterocycles. The molecule has 0 bridgehead atoms. The Morgan fingerprint density at radius 1 is 1.18 bits per heavy atom. The third kappa shape index (κ3) is 2.49. The van der Waals surface area contributed by atoms with Gasteiger partial charge in [-0.1, -0.05) is 23.3 Å². The first-order valence-electron chi connectivity index (χ1n) is 4.01. The molecule has 0 saturated heterocycles. The summed E-state index contributed by atoms with van der Waals surface area (Å²) in [6.45, 7) is 5.63. The smallest absolute Gasteiger partial charge is 0.115 e. The van der Waals surface area contributed by atoms with E-state index in [4.69, 9.17) is 0 Å². The van der Waals surface area contributed by atoms with Gasteiger partial charge in [-0.05, 0) is 20.8 Å². The summed E-state index contributed by atoms with van der Waals surface area (Å²) in [5.74, 6) is 0. The Balaban J connectivity index is 2.83. The molecule has 1 rings (SSSR count). The van der Waals surface area contributed by atoms with Crippen LogP contribution in [0.1, 0.15) is 33.6 Å². The molecule has 0 radical (unpaired) electrons. The van der Waals surface area contributed by atoms with Crippen LogP contribution in [0.25, 0.3) is 0 Å². The van der Waals surface area contributed by atoms with Gasteiger partial charge in [0.05, 0.1) is 0 Å². The molecule has 0 aromatic carbocycles. The molecule has 0 amide bonds. The van der Waals surface area contributed by atoms with Crippen molar-refractivity contribution >= 4 is 0 Å². The molecule has 0 unspecified atom stereocenters. The molecule has 1 heteroatoms. The van der Waals surface area contributed by atoms with Crippen LogP contribution in [-0.4, -0.2) is 5.67 Å². The number of hydrogen-bond acceptors (Lipinski definition) is 0. The summed E-state index contributed by atoms with van der Waals surface area (Å²) >= 11 is 0. The number of halogens is 1. The molecule has 0 aromatic rings. The van der Waals surface area contributed by atoms with E-state index in [-0.39, 0.29) is 0 Å². The van der Waals surface area contributed by atoms with Crippen LogP contribution in [0.5, 0.6) is 0 Å². The molecule has 0 atom stereocenters. The lowest BCUT2D eigenvalue weighted by Crippen LogP contribution is -2.17. The molecule has 1 aliphatic carbocycles. The van der Waals surface area contributed by atoms with Gasteiger partial charge in [-0.25, -0.2) is 4.39 Å². The van der Waals surface area contributed by atoms with E-state index in [1.165, 1.54) is 0 Å². The lowest BCUT2D eigenvalue weighted by Gasteiger charge is -2.18. The first kappa shape index (κ1) is 8.51. The first-order valence-corrected chi connectivity index (χ1v) is 4.01. The maximum atomic E-state index is 13.6. The van der Waals surface area contributed by atoms with Crippen molar-refractivity contribution in [2.75, 3.05) is 0 Å². The van der Waals surface area contributed by atoms with Gasteiger partial charge >= 0.3 is 0 Å². The minimum atomic E-state index is -1.03. The first-order chi connectivity index (χ1) is 4.99. The van der Waals surface area contributed by atoms with E-state index in [2.05, 4.69) is 0 Å². The topological polar surface area (TPSA) is 0 Å². The second-order valence-electron chi connectivity index (χ2n) is 3.79. The van der Waals surface area contributed by atoms with Gasteiger partial charge in [0.25, 0.3) is 0 Å². The van der Waals surface area contributed by atoms with E-state index in [1.54, 1.807) is 6.92 Å². The summed E-state index contributed by atoms with van der Waals surface area (Å²) in [5, 5.41) is 0. The average molecular weight is 154 g/mol. The largest absolute Gasteiger partial charge is 0.243 e. The molecule has 0 fully saturated rings. The molecule has 0 aromatic heterocycles. The van der Waals surface area contributed by atoms with Gasteiger partial charge in [0.2, 0.25) is 0 Å². The van der Waals surface area contributed by atoms with Gasteiger partial charge in [0.1, 0.15) is 5.67 Å². The van der Waals surface area contributed by atoms with Crippen LogP contribution in [0.2, 0.25) is 0 Å². The van der Waals surface area contributed by atoms with Crippen LogP contribution in [0.3, 0.4) is 0 Å². The number of rotatable bonds is 0. The third-order valence-corrected chi connectivity index (χ3v) is 1.95. The quantitative estimate of drug-likeness (QED) is 0.501. The van der Waals surface area contributed by atoms with Crippen LogP contribution in [0, 0.1) is 0 Å². The Labute approximate surface area is 67.8 Å². The predicted molar refractivity (Wildman–Crippen MR) is 46.3 cm³/mol. The third-order valence-electron chi connectivity index (χ3n) is 1.95. The predicted octanol–water partition coefficient (Wildman–Crippen LogP) is 3.40. The number of allylic oxidation sites excluding steroid dienone is 4. The van der Waals surface area contributed by atoms with E-state index in [1.807, 2.05) is 26.0 Å². The fourth-order valence-corrected chi connectivity index (χ4v) is 1.63. The monoisotopic (exact) mass is 154 g/mol. The fraction of sp³-hybridized carbons (Fsp3) is 0.600. The maximum absolute atomic E-state index is 13.6. The van der Waals surface area contributed by atoms with Crippen molar-refractivity contribution in [2.24, 2.45) is 0 Å². The lowest BCUT2D eigenvalue weighted by atomic mass is 9.95. The normalized spacial score (nSPS) is 23.6. The fourth-order valence-electron chi connectivity index (χ4n) is 1.63. The Morgan fingerprint density at radius 3 is 1.91 bits per heavy atom. The Bertz CT molecular complexity index is 187. The minimum absolute atomic E-state index is 0.570. The van der Waals surface area contributed by atoms with Crippen LogP contribution in [0.15, 0.2) is 23.3 Å². The highest BCUT2D eigenvalue weighted by molar-refractivity contribution is 5.22. The summed E-state index contributed by atoms with van der Waals surface area (Å²) in [6, 6.07) is 0. The van der Waals surface area contributed by atoms with Gasteiger partial charge < -0.3 is 0 Å². The van der Waals surface area contributed by atoms with Gasteiger partial charge in [-0.3, -0.25) is 0 Å². The van der Waals surface area contributed by atoms with E-state index in [0.717, 1.165) is 11.1 Å². The van der Waals surface area contributed by atoms with Gasteiger partial charge in [0.15, 0.2) is 0 Å². The second kappa shape index (κ2) is 2.80. The minimum Gasteiger partial charge on any atom is -0.243 e. The SMILES string of the molecule is CC1=CC=C(C)CC(C)(F)C1. The highest BCUT2D eigenvalue weighted by atomic mass is 19.1. The van der Waals surface area contributed by atoms with E-state index in [0.29, 0.717) is 12.8 Å². The lowest BCUT2D eigenvalue weighted by molar-refractivity contribution is 0.190. The van der Waals surface area contributed by atoms with E-state index >= 15 is 0 Å². The average Bonchev–Trinajstić information content (AvgIpc) is 1.89. The van der Waals surface area contributed by atoms with Gasteiger partial charge in [-0.2, -0.15) is 0 Å². The standard InChI is InChI=1S/C10H15F/c1-8-4-5-9(2)7-10(3,11)6-8/h4-5H,6-7H2,1-3H3. The van der Waals surface area contributed by atoms with Crippen molar-refractivity contribution in [1.82, 2.24) is 0 Å². The van der Waals surface area contributed by atoms with Crippen molar-refractivity contribution in [3.8, 4) is 0 Å². The summed E-state index contributed by atoms with van der Waals surface area (Å²) in [6.07, 6.45) is 5.17. The van der Waals surface area contributed by atoms with Crippen LogP contribution in [0.4, 0.5) is 4.39 Å². The molecule has 62 valence electrons. The molecule has 0 nitrogen and oxygen atoms in total. The zero-order chi connectivity index (χ0) is 8.48. The van der Waals surface area contributed by atoms with E-state index in [9.17, 15) is 4.39 Å². The van der Waals surface area contributed by atoms with Crippen LogP contribution >= 0.6 is 0 Å². The molecular weight excluding hydrogens is 139 g/mol. The zero-order valence-corrected chi connectivity index (χ0v) is 7.45. The molecule has 0 saturated carbocycles. The van der Waals surface area contributed by atoms with Crippen molar-refractivity contribution in [2.45, 2.75) is 39.3 Å². The van der Waals surface area contributed by atoms with Crippen LogP contribution in [-0.2, 0) is 0 Å². The molecule has 11 heavy (non-hydrogen) atoms. The zero-order valence-electron chi connectivity index (χ0n) is 7.45. The number of alkyl halides is 1. The Morgan fingerprint density at radius 2 is 1.55 bits per heavy atom. The summed E-state index contributed by atoms with van der Waals surface area (Å²) < 4.78 is 13.6. The van der Waals surface area contributed by atoms with E-state index < -0.39 is 5.67 Å². The van der Waals surface area contributed by atoms with Crippen molar-refractivity contribution in [1.29, 1.82) is 0 Å². The van der Waals surface area contributed by atoms with Gasteiger partial charge in [0, 0.05) is 12.8 Å². The van der Waals surface area contributed by atoms with Gasteiger partial charge in [-0.15, -0.1) is 0 Å². The van der Waals surface area contributed by atoms with Crippen LogP contribution < -0.4 is 0 Å². The Kier molecular flexibility index (Phi) is 2.17. The highest BCUT2D eigenvalue weighted by Gasteiger charge is 2.24. The van der Waals surface area contributed by atoms with Crippen molar-refractivity contribution in [3.63, 3.8) is 0 Å². The second-order valence-corrected chi connectivity index (χ2v) is 3.79. The summed E-state index contributed by atoms with van der Waals surface area (Å²) in [4.78, 5) is 0. The summed E-state index contributed by atoms with van der Waals surface area (Å²) in [5.41, 5.74) is 1.23. The van der Waals surface area contributed by atoms with Crippen molar-refractivity contribution < 1.29 is 4.39 Å². The molecular formula is C10H15F. The molecule has 0 N–H and O–H groups in total. The number of hydrogen-bond donors (Lipinski definition) is 0. The molecule has 1 aliphatic rings. The Hall–Kier alpha value is -0.590. The summed E-state index contributed by atoms with van der Waals surface area (Å²) in [7, 11) is 0.